The van der Waals surface area contributed by atoms with Gasteiger partial charge in [0.1, 0.15) is 23.9 Å². The Balaban J connectivity index is 1.29. The summed E-state index contributed by atoms with van der Waals surface area (Å²) in [6.07, 6.45) is 5.00. The van der Waals surface area contributed by atoms with Gasteiger partial charge in [0.2, 0.25) is 11.8 Å². The second kappa shape index (κ2) is 15.6. The van der Waals surface area contributed by atoms with Crippen molar-refractivity contribution in [2.45, 2.75) is 128 Å². The lowest BCUT2D eigenvalue weighted by atomic mass is 9.79. The average molecular weight is 748 g/mol. The molecule has 3 aromatic heterocycles. The van der Waals surface area contributed by atoms with Gasteiger partial charge in [-0.25, -0.2) is 9.78 Å². The summed E-state index contributed by atoms with van der Waals surface area (Å²) >= 11 is 1.48. The van der Waals surface area contributed by atoms with Crippen LogP contribution in [-0.4, -0.2) is 92.2 Å². The maximum atomic E-state index is 14.6. The van der Waals surface area contributed by atoms with Crippen LogP contribution in [0.1, 0.15) is 86.5 Å². The molecule has 1 saturated heterocycles. The lowest BCUT2D eigenvalue weighted by Gasteiger charge is -2.37. The van der Waals surface area contributed by atoms with Crippen molar-refractivity contribution < 1.29 is 29.0 Å². The second-order valence-electron chi connectivity index (χ2n) is 16.9. The molecule has 5 atom stereocenters. The van der Waals surface area contributed by atoms with Crippen LogP contribution in [0.15, 0.2) is 41.9 Å². The van der Waals surface area contributed by atoms with Crippen molar-refractivity contribution in [1.82, 2.24) is 36.1 Å². The number of amides is 5. The van der Waals surface area contributed by atoms with Gasteiger partial charge in [0, 0.05) is 30.3 Å². The highest BCUT2D eigenvalue weighted by Gasteiger charge is 2.47. The molecule has 286 valence electrons. The van der Waals surface area contributed by atoms with Gasteiger partial charge in [-0.3, -0.25) is 19.4 Å². The summed E-state index contributed by atoms with van der Waals surface area (Å²) < 4.78 is 7.50. The summed E-state index contributed by atoms with van der Waals surface area (Å²) in [5, 5.41) is 24.8. The highest BCUT2D eigenvalue weighted by molar-refractivity contribution is 7.17. The summed E-state index contributed by atoms with van der Waals surface area (Å²) in [5.74, 6) is -0.565. The number of hydrogen-bond acceptors (Lipinski definition) is 9. The van der Waals surface area contributed by atoms with Crippen LogP contribution in [0.4, 0.5) is 4.79 Å². The number of rotatable bonds is 12. The van der Waals surface area contributed by atoms with Gasteiger partial charge in [-0.2, -0.15) is 0 Å². The molecule has 1 unspecified atom stereocenters. The van der Waals surface area contributed by atoms with E-state index in [0.717, 1.165) is 42.3 Å². The topological polar surface area (TPSA) is 175 Å². The van der Waals surface area contributed by atoms with E-state index in [1.807, 2.05) is 77.3 Å². The first-order valence-corrected chi connectivity index (χ1v) is 19.6. The minimum atomic E-state index is -1.43. The number of nitrogens with zero attached hydrogens (tertiary/aromatic N) is 3. The molecule has 0 radical (unpaired) electrons. The number of likely N-dealkylation sites (tertiary alicyclic amines) is 1. The number of aliphatic hydroxyl groups is 1. The molecule has 3 aliphatic rings. The molecule has 14 heteroatoms. The Bertz CT molecular complexity index is 1800. The Morgan fingerprint density at radius 2 is 1.77 bits per heavy atom. The Kier molecular flexibility index (Phi) is 11.3. The van der Waals surface area contributed by atoms with Crippen molar-refractivity contribution in [3.05, 3.63) is 41.9 Å². The molecule has 6 rings (SSSR count). The minimum absolute atomic E-state index is 0.0524. The summed E-state index contributed by atoms with van der Waals surface area (Å²) in [6, 6.07) is 6.08. The van der Waals surface area contributed by atoms with E-state index >= 15 is 0 Å². The third-order valence-corrected chi connectivity index (χ3v) is 11.0. The molecule has 13 nitrogen and oxygen atoms in total. The van der Waals surface area contributed by atoms with Crippen LogP contribution in [0.2, 0.25) is 0 Å². The zero-order chi connectivity index (χ0) is 38.1. The number of pyridine rings is 2. The number of aliphatic hydroxyl groups excluding tert-OH is 1. The third-order valence-electron chi connectivity index (χ3n) is 10.0. The number of nitrogens with one attached hydrogen (secondary N) is 4. The van der Waals surface area contributed by atoms with Gasteiger partial charge >= 0.3 is 6.03 Å². The number of urea groups is 1. The Morgan fingerprint density at radius 3 is 2.40 bits per heavy atom. The van der Waals surface area contributed by atoms with E-state index in [1.165, 1.54) is 16.2 Å². The second-order valence-corrected chi connectivity index (χ2v) is 17.8. The fourth-order valence-corrected chi connectivity index (χ4v) is 7.66. The Labute approximate surface area is 315 Å². The highest BCUT2D eigenvalue weighted by atomic mass is 32.1. The number of ether oxygens (including phenoxy) is 1. The monoisotopic (exact) mass is 747 g/mol. The SMILES string of the molecule is CC(C)(C)NC(=O)N[C@H](C(=O)N1C[C@H](Oc2cc(-c3ccccn3)nc3ccsc23)C[C@H]1C(=O)N[C@@H](CC1CCC1)C(O)C(=O)NC1CC1)C(C)(C)C. The largest absolute Gasteiger partial charge is 0.487 e. The zero-order valence-corrected chi connectivity index (χ0v) is 32.3. The van der Waals surface area contributed by atoms with Gasteiger partial charge < -0.3 is 36.0 Å². The Morgan fingerprint density at radius 1 is 1.02 bits per heavy atom. The quantitative estimate of drug-likeness (QED) is 0.180. The van der Waals surface area contributed by atoms with E-state index in [0.29, 0.717) is 23.6 Å². The first-order chi connectivity index (χ1) is 25.1. The van der Waals surface area contributed by atoms with Gasteiger partial charge in [-0.1, -0.05) is 46.1 Å². The first-order valence-electron chi connectivity index (χ1n) is 18.7. The molecule has 2 saturated carbocycles. The normalized spacial score (nSPS) is 20.9. The predicted molar refractivity (Wildman–Crippen MR) is 203 cm³/mol. The Hall–Kier alpha value is -4.30. The van der Waals surface area contributed by atoms with Gasteiger partial charge in [-0.15, -0.1) is 11.3 Å². The van der Waals surface area contributed by atoms with Crippen molar-refractivity contribution >= 4 is 45.3 Å². The van der Waals surface area contributed by atoms with E-state index in [9.17, 15) is 24.3 Å². The summed E-state index contributed by atoms with van der Waals surface area (Å²) in [5.41, 5.74) is 0.791. The molecule has 0 spiro atoms. The van der Waals surface area contributed by atoms with E-state index in [2.05, 4.69) is 26.3 Å². The molecular formula is C39H53N7O6S. The summed E-state index contributed by atoms with van der Waals surface area (Å²) in [7, 11) is 0. The first kappa shape index (κ1) is 38.4. The molecular weight excluding hydrogens is 695 g/mol. The molecule has 0 bridgehead atoms. The molecule has 0 aromatic carbocycles. The number of aromatic nitrogens is 2. The number of carbonyl (C=O) groups excluding carboxylic acids is 4. The number of hydrogen-bond donors (Lipinski definition) is 5. The standard InChI is InChI=1S/C39H53N7O6S/c1-38(2,3)33(44-37(51)45-39(4,5)6)36(50)46-21-24(52-30-20-27(25-12-7-8-16-40-25)42-26-15-17-53-32(26)30)19-29(46)34(48)43-28(18-22-10-9-11-22)31(47)35(49)41-23-13-14-23/h7-8,12,15-17,20,22-24,28-29,31,33,47H,9-11,13-14,18-19,21H2,1-6H3,(H,41,49)(H,43,48)(H2,44,45,51)/t24-,28+,29+,31?,33-/m1/s1. The maximum absolute atomic E-state index is 14.6. The number of carbonyl (C=O) groups is 4. The van der Waals surface area contributed by atoms with Crippen LogP contribution in [-0.2, 0) is 14.4 Å². The lowest BCUT2D eigenvalue weighted by molar-refractivity contribution is -0.143. The minimum Gasteiger partial charge on any atom is -0.487 e. The molecule has 1 aliphatic heterocycles. The third kappa shape index (κ3) is 9.63. The molecule has 3 fully saturated rings. The summed E-state index contributed by atoms with van der Waals surface area (Å²) in [6.45, 7) is 11.2. The molecule has 4 heterocycles. The van der Waals surface area contributed by atoms with Gasteiger partial charge in [0.05, 0.1) is 34.2 Å². The highest BCUT2D eigenvalue weighted by Crippen LogP contribution is 2.36. The van der Waals surface area contributed by atoms with Crippen molar-refractivity contribution in [3.8, 4) is 17.1 Å². The van der Waals surface area contributed by atoms with E-state index in [4.69, 9.17) is 9.72 Å². The molecule has 5 amide bonds. The van der Waals surface area contributed by atoms with Crippen molar-refractivity contribution in [3.63, 3.8) is 0 Å². The average Bonchev–Trinajstić information content (AvgIpc) is 3.57. The smallest absolute Gasteiger partial charge is 0.315 e. The van der Waals surface area contributed by atoms with Crippen molar-refractivity contribution in [2.75, 3.05) is 6.54 Å². The lowest BCUT2D eigenvalue weighted by Crippen LogP contribution is -2.61. The van der Waals surface area contributed by atoms with E-state index in [1.54, 1.807) is 6.20 Å². The van der Waals surface area contributed by atoms with Gasteiger partial charge in [0.25, 0.3) is 5.91 Å². The number of thiophene rings is 1. The van der Waals surface area contributed by atoms with Crippen molar-refractivity contribution in [2.24, 2.45) is 11.3 Å². The van der Waals surface area contributed by atoms with Crippen LogP contribution in [0.25, 0.3) is 21.6 Å². The fraction of sp³-hybridized carbons (Fsp3) is 0.590. The van der Waals surface area contributed by atoms with E-state index < -0.39 is 65.0 Å². The van der Waals surface area contributed by atoms with Gasteiger partial charge in [0.15, 0.2) is 6.10 Å². The molecule has 5 N–H and O–H groups in total. The van der Waals surface area contributed by atoms with Crippen LogP contribution in [0, 0.1) is 11.3 Å². The molecule has 3 aromatic rings. The maximum Gasteiger partial charge on any atom is 0.315 e. The van der Waals surface area contributed by atoms with Crippen LogP contribution in [0.3, 0.4) is 0 Å². The predicted octanol–water partition coefficient (Wildman–Crippen LogP) is 4.53. The van der Waals surface area contributed by atoms with Gasteiger partial charge in [-0.05, 0) is 74.9 Å². The molecule has 53 heavy (non-hydrogen) atoms. The fourth-order valence-electron chi connectivity index (χ4n) is 6.87. The summed E-state index contributed by atoms with van der Waals surface area (Å²) in [4.78, 5) is 65.9. The van der Waals surface area contributed by atoms with Crippen LogP contribution in [0.5, 0.6) is 5.75 Å². The van der Waals surface area contributed by atoms with Crippen LogP contribution >= 0.6 is 11.3 Å². The van der Waals surface area contributed by atoms with Crippen LogP contribution < -0.4 is 26.0 Å². The van der Waals surface area contributed by atoms with Crippen molar-refractivity contribution in [1.29, 1.82) is 0 Å². The van der Waals surface area contributed by atoms with E-state index in [-0.39, 0.29) is 24.9 Å². The zero-order valence-electron chi connectivity index (χ0n) is 31.5. The number of fused-ring (bicyclic) bond motifs is 1. The molecule has 2 aliphatic carbocycles.